The molecule has 1 aromatic rings. The molecule has 0 amide bonds. The smallest absolute Gasteiger partial charge is 0.313 e. The van der Waals surface area contributed by atoms with Gasteiger partial charge < -0.3 is 4.74 Å². The number of benzene rings is 1. The lowest BCUT2D eigenvalue weighted by Crippen LogP contribution is -2.16. The van der Waals surface area contributed by atoms with E-state index in [9.17, 15) is 23.3 Å². The molecule has 0 aliphatic carbocycles. The highest BCUT2D eigenvalue weighted by Gasteiger charge is 2.29. The SMILES string of the molecule is CC(=O)Oc1c([N+](=O)[O-])ccc(Cl)c1S(N)(=O)=O. The first kappa shape index (κ1) is 14.4. The standard InChI is InChI=1S/C8H7ClN2O6S/c1-4(12)17-7-6(11(13)14)3-2-5(9)8(7)18(10,15)16/h2-3H,1H3,(H2,10,15,16). The van der Waals surface area contributed by atoms with Crippen molar-refractivity contribution in [3.63, 3.8) is 0 Å². The lowest BCUT2D eigenvalue weighted by Gasteiger charge is -2.09. The Kier molecular flexibility index (Phi) is 3.89. The summed E-state index contributed by atoms with van der Waals surface area (Å²) >= 11 is 5.60. The Morgan fingerprint density at radius 3 is 2.44 bits per heavy atom. The number of hydrogen-bond donors (Lipinski definition) is 1. The number of ether oxygens (including phenoxy) is 1. The molecule has 2 N–H and O–H groups in total. The minimum Gasteiger partial charge on any atom is -0.418 e. The second kappa shape index (κ2) is 4.88. The number of esters is 1. The highest BCUT2D eigenvalue weighted by Crippen LogP contribution is 2.38. The van der Waals surface area contributed by atoms with Crippen LogP contribution >= 0.6 is 11.6 Å². The van der Waals surface area contributed by atoms with Gasteiger partial charge in [0.1, 0.15) is 0 Å². The van der Waals surface area contributed by atoms with Crippen molar-refractivity contribution in [1.29, 1.82) is 0 Å². The summed E-state index contributed by atoms with van der Waals surface area (Å²) in [6.45, 7) is 0.956. The Hall–Kier alpha value is -1.71. The van der Waals surface area contributed by atoms with Gasteiger partial charge in [-0.25, -0.2) is 13.6 Å². The number of carbonyl (C=O) groups excluding carboxylic acids is 1. The van der Waals surface area contributed by atoms with Crippen molar-refractivity contribution in [3.05, 3.63) is 27.3 Å². The summed E-state index contributed by atoms with van der Waals surface area (Å²) in [5, 5.41) is 15.2. The van der Waals surface area contributed by atoms with Gasteiger partial charge in [-0.05, 0) is 6.07 Å². The fourth-order valence-corrected chi connectivity index (χ4v) is 2.40. The van der Waals surface area contributed by atoms with Crippen LogP contribution in [0, 0.1) is 10.1 Å². The van der Waals surface area contributed by atoms with E-state index in [1.54, 1.807) is 0 Å². The Morgan fingerprint density at radius 2 is 2.06 bits per heavy atom. The molecule has 0 heterocycles. The fraction of sp³-hybridized carbons (Fsp3) is 0.125. The minimum atomic E-state index is -4.38. The number of rotatable bonds is 3. The van der Waals surface area contributed by atoms with Crippen LogP contribution in [0.15, 0.2) is 17.0 Å². The van der Waals surface area contributed by atoms with Crippen molar-refractivity contribution in [2.45, 2.75) is 11.8 Å². The molecule has 98 valence electrons. The first-order chi connectivity index (χ1) is 8.14. The number of halogens is 1. The molecule has 0 spiro atoms. The van der Waals surface area contributed by atoms with Crippen LogP contribution in [0.1, 0.15) is 6.92 Å². The highest BCUT2D eigenvalue weighted by atomic mass is 35.5. The van der Waals surface area contributed by atoms with Gasteiger partial charge in [-0.3, -0.25) is 14.9 Å². The van der Waals surface area contributed by atoms with Crippen LogP contribution in [0.25, 0.3) is 0 Å². The molecule has 0 saturated carbocycles. The zero-order valence-corrected chi connectivity index (χ0v) is 10.5. The predicted molar refractivity (Wildman–Crippen MR) is 60.8 cm³/mol. The lowest BCUT2D eigenvalue weighted by atomic mass is 10.3. The van der Waals surface area contributed by atoms with Crippen molar-refractivity contribution >= 4 is 33.3 Å². The van der Waals surface area contributed by atoms with E-state index in [2.05, 4.69) is 4.74 Å². The van der Waals surface area contributed by atoms with Gasteiger partial charge in [-0.15, -0.1) is 0 Å². The van der Waals surface area contributed by atoms with Crippen LogP contribution in [0.5, 0.6) is 5.75 Å². The van der Waals surface area contributed by atoms with Crippen molar-refractivity contribution in [2.24, 2.45) is 5.14 Å². The van der Waals surface area contributed by atoms with E-state index in [0.717, 1.165) is 19.1 Å². The van der Waals surface area contributed by atoms with E-state index in [1.807, 2.05) is 0 Å². The van der Waals surface area contributed by atoms with E-state index in [-0.39, 0.29) is 5.02 Å². The van der Waals surface area contributed by atoms with Crippen molar-refractivity contribution in [2.75, 3.05) is 0 Å². The molecular weight excluding hydrogens is 288 g/mol. The lowest BCUT2D eigenvalue weighted by molar-refractivity contribution is -0.385. The first-order valence-corrected chi connectivity index (χ1v) is 6.25. The Morgan fingerprint density at radius 1 is 1.50 bits per heavy atom. The number of carbonyl (C=O) groups is 1. The van der Waals surface area contributed by atoms with E-state index in [1.165, 1.54) is 0 Å². The maximum absolute atomic E-state index is 11.3. The Bertz CT molecular complexity index is 627. The van der Waals surface area contributed by atoms with Gasteiger partial charge in [-0.1, -0.05) is 11.6 Å². The number of nitro benzene ring substituents is 1. The summed E-state index contributed by atoms with van der Waals surface area (Å²) in [5.74, 6) is -1.73. The molecule has 0 aliphatic rings. The normalized spacial score (nSPS) is 11.1. The summed E-state index contributed by atoms with van der Waals surface area (Å²) in [6.07, 6.45) is 0. The van der Waals surface area contributed by atoms with Crippen LogP contribution in [0.2, 0.25) is 5.02 Å². The third-order valence-electron chi connectivity index (χ3n) is 1.77. The minimum absolute atomic E-state index is 0.376. The van der Waals surface area contributed by atoms with Crippen molar-refractivity contribution in [1.82, 2.24) is 0 Å². The number of nitro groups is 1. The Labute approximate surface area is 106 Å². The second-order valence-electron chi connectivity index (χ2n) is 3.12. The molecular formula is C8H7ClN2O6S. The predicted octanol–water partition coefficient (Wildman–Crippen LogP) is 0.821. The maximum atomic E-state index is 11.3. The maximum Gasteiger partial charge on any atom is 0.313 e. The van der Waals surface area contributed by atoms with Gasteiger partial charge in [0.25, 0.3) is 0 Å². The van der Waals surface area contributed by atoms with Crippen molar-refractivity contribution < 1.29 is 22.9 Å². The molecule has 0 fully saturated rings. The number of nitrogens with two attached hydrogens (primary N) is 1. The van der Waals surface area contributed by atoms with E-state index >= 15 is 0 Å². The number of primary sulfonamides is 1. The average molecular weight is 295 g/mol. The van der Waals surface area contributed by atoms with Crippen molar-refractivity contribution in [3.8, 4) is 5.75 Å². The summed E-state index contributed by atoms with van der Waals surface area (Å²) < 4.78 is 27.1. The summed E-state index contributed by atoms with van der Waals surface area (Å²) in [5.41, 5.74) is -0.723. The summed E-state index contributed by atoms with van der Waals surface area (Å²) in [7, 11) is -4.38. The monoisotopic (exact) mass is 294 g/mol. The largest absolute Gasteiger partial charge is 0.418 e. The van der Waals surface area contributed by atoms with E-state index < -0.39 is 37.2 Å². The molecule has 0 atom stereocenters. The van der Waals surface area contributed by atoms with Crippen LogP contribution in [-0.2, 0) is 14.8 Å². The molecule has 1 rings (SSSR count). The molecule has 8 nitrogen and oxygen atoms in total. The first-order valence-electron chi connectivity index (χ1n) is 4.32. The zero-order valence-electron chi connectivity index (χ0n) is 8.91. The van der Waals surface area contributed by atoms with Gasteiger partial charge in [-0.2, -0.15) is 0 Å². The van der Waals surface area contributed by atoms with Crippen LogP contribution < -0.4 is 9.88 Å². The van der Waals surface area contributed by atoms with Gasteiger partial charge in [0.15, 0.2) is 4.90 Å². The average Bonchev–Trinajstić information content (AvgIpc) is 2.13. The molecule has 0 unspecified atom stereocenters. The van der Waals surface area contributed by atoms with Gasteiger partial charge in [0.05, 0.1) is 9.95 Å². The van der Waals surface area contributed by atoms with Gasteiger partial charge in [0.2, 0.25) is 15.8 Å². The second-order valence-corrected chi connectivity index (χ2v) is 5.03. The molecule has 0 aliphatic heterocycles. The Balaban J connectivity index is 3.71. The zero-order chi connectivity index (χ0) is 14.1. The number of sulfonamides is 1. The van der Waals surface area contributed by atoms with Crippen LogP contribution in [0.3, 0.4) is 0 Å². The quantitative estimate of drug-likeness (QED) is 0.380. The molecule has 0 aromatic heterocycles. The third kappa shape index (κ3) is 2.94. The molecule has 1 aromatic carbocycles. The van der Waals surface area contributed by atoms with E-state index in [0.29, 0.717) is 0 Å². The molecule has 0 saturated heterocycles. The summed E-state index contributed by atoms with van der Waals surface area (Å²) in [6, 6.07) is 1.89. The van der Waals surface area contributed by atoms with Crippen LogP contribution in [0.4, 0.5) is 5.69 Å². The third-order valence-corrected chi connectivity index (χ3v) is 3.17. The van der Waals surface area contributed by atoms with Crippen LogP contribution in [-0.4, -0.2) is 19.3 Å². The topological polar surface area (TPSA) is 130 Å². The molecule has 18 heavy (non-hydrogen) atoms. The summed E-state index contributed by atoms with van der Waals surface area (Å²) in [4.78, 5) is 19.9. The van der Waals surface area contributed by atoms with Gasteiger partial charge in [0, 0.05) is 13.0 Å². The fourth-order valence-electron chi connectivity index (χ4n) is 1.18. The van der Waals surface area contributed by atoms with Gasteiger partial charge >= 0.3 is 11.7 Å². The molecule has 0 bridgehead atoms. The molecule has 10 heteroatoms. The highest BCUT2D eigenvalue weighted by molar-refractivity contribution is 7.89. The number of hydrogen-bond acceptors (Lipinski definition) is 6. The number of nitrogens with zero attached hydrogens (tertiary/aromatic N) is 1. The molecule has 0 radical (unpaired) electrons. The van der Waals surface area contributed by atoms with E-state index in [4.69, 9.17) is 16.7 Å².